The molecule has 0 aliphatic heterocycles. The third-order valence-corrected chi connectivity index (χ3v) is 4.24. The number of fused-ring (bicyclic) bond motifs is 1. The maximum atomic E-state index is 5.38. The maximum absolute atomic E-state index is 5.38. The highest BCUT2D eigenvalue weighted by Gasteiger charge is 2.22. The Morgan fingerprint density at radius 2 is 2.29 bits per heavy atom. The van der Waals surface area contributed by atoms with Crippen LogP contribution in [0.2, 0.25) is 0 Å². The predicted molar refractivity (Wildman–Crippen MR) is 84.9 cm³/mol. The smallest absolute Gasteiger partial charge is 0.119 e. The van der Waals surface area contributed by atoms with E-state index in [4.69, 9.17) is 4.74 Å². The maximum Gasteiger partial charge on any atom is 0.119 e. The van der Waals surface area contributed by atoms with E-state index in [-0.39, 0.29) is 0 Å². The van der Waals surface area contributed by atoms with E-state index in [2.05, 4.69) is 41.7 Å². The van der Waals surface area contributed by atoms with E-state index in [0.717, 1.165) is 36.4 Å². The molecule has 112 valence electrons. The molecule has 0 bridgehead atoms. The normalized spacial score (nSPS) is 17.4. The zero-order valence-corrected chi connectivity index (χ0v) is 13.0. The minimum absolute atomic E-state index is 0.346. The van der Waals surface area contributed by atoms with Gasteiger partial charge in [-0.05, 0) is 48.9 Å². The SMILES string of the molecule is CCc1nn(C)cc1NC1CCCc2ccc(OC)cc21. The van der Waals surface area contributed by atoms with Crippen molar-refractivity contribution in [1.82, 2.24) is 9.78 Å². The summed E-state index contributed by atoms with van der Waals surface area (Å²) in [6, 6.07) is 6.78. The molecule has 0 saturated heterocycles. The highest BCUT2D eigenvalue weighted by Crippen LogP contribution is 2.35. The number of methoxy groups -OCH3 is 1. The van der Waals surface area contributed by atoms with E-state index in [1.165, 1.54) is 17.5 Å². The van der Waals surface area contributed by atoms with Gasteiger partial charge in [-0.2, -0.15) is 5.10 Å². The van der Waals surface area contributed by atoms with Crippen LogP contribution in [-0.2, 0) is 19.9 Å². The standard InChI is InChI=1S/C17H23N3O/c1-4-15-17(11-20(2)19-15)18-16-7-5-6-12-8-9-13(21-3)10-14(12)16/h8-11,16,18H,4-7H2,1-3H3. The molecule has 1 aliphatic rings. The zero-order chi connectivity index (χ0) is 14.8. The first-order chi connectivity index (χ1) is 10.2. The summed E-state index contributed by atoms with van der Waals surface area (Å²) in [6.45, 7) is 2.14. The molecule has 1 atom stereocenters. The molecule has 0 fully saturated rings. The van der Waals surface area contributed by atoms with Gasteiger partial charge >= 0.3 is 0 Å². The van der Waals surface area contributed by atoms with Gasteiger partial charge in [0.05, 0.1) is 24.5 Å². The predicted octanol–water partition coefficient (Wildman–Crippen LogP) is 3.48. The number of anilines is 1. The van der Waals surface area contributed by atoms with Crippen LogP contribution in [0.15, 0.2) is 24.4 Å². The van der Waals surface area contributed by atoms with E-state index >= 15 is 0 Å². The van der Waals surface area contributed by atoms with E-state index in [9.17, 15) is 0 Å². The lowest BCUT2D eigenvalue weighted by molar-refractivity contribution is 0.413. The monoisotopic (exact) mass is 285 g/mol. The van der Waals surface area contributed by atoms with E-state index in [0.29, 0.717) is 6.04 Å². The molecule has 3 rings (SSSR count). The highest BCUT2D eigenvalue weighted by molar-refractivity contribution is 5.51. The van der Waals surface area contributed by atoms with Crippen LogP contribution in [0.5, 0.6) is 5.75 Å². The van der Waals surface area contributed by atoms with Crippen molar-refractivity contribution in [2.45, 2.75) is 38.6 Å². The van der Waals surface area contributed by atoms with E-state index in [1.54, 1.807) is 7.11 Å². The summed E-state index contributed by atoms with van der Waals surface area (Å²) >= 11 is 0. The fourth-order valence-electron chi connectivity index (χ4n) is 3.16. The summed E-state index contributed by atoms with van der Waals surface area (Å²) in [5, 5.41) is 8.20. The molecule has 1 aromatic carbocycles. The van der Waals surface area contributed by atoms with E-state index < -0.39 is 0 Å². The van der Waals surface area contributed by atoms with Gasteiger partial charge in [0, 0.05) is 13.2 Å². The van der Waals surface area contributed by atoms with Crippen molar-refractivity contribution in [2.75, 3.05) is 12.4 Å². The number of benzene rings is 1. The van der Waals surface area contributed by atoms with Crippen LogP contribution < -0.4 is 10.1 Å². The number of rotatable bonds is 4. The molecular weight excluding hydrogens is 262 g/mol. The van der Waals surface area contributed by atoms with Crippen LogP contribution in [0.3, 0.4) is 0 Å². The van der Waals surface area contributed by atoms with Crippen molar-refractivity contribution < 1.29 is 4.74 Å². The van der Waals surface area contributed by atoms with Gasteiger partial charge in [0.1, 0.15) is 5.75 Å². The summed E-state index contributed by atoms with van der Waals surface area (Å²) in [7, 11) is 3.70. The van der Waals surface area contributed by atoms with Gasteiger partial charge < -0.3 is 10.1 Å². The number of ether oxygens (including phenoxy) is 1. The van der Waals surface area contributed by atoms with Crippen molar-refractivity contribution >= 4 is 5.69 Å². The van der Waals surface area contributed by atoms with Gasteiger partial charge in [-0.1, -0.05) is 13.0 Å². The Morgan fingerprint density at radius 1 is 1.43 bits per heavy atom. The Labute approximate surface area is 126 Å². The molecule has 1 aromatic heterocycles. The van der Waals surface area contributed by atoms with Crippen molar-refractivity contribution in [3.8, 4) is 5.75 Å². The summed E-state index contributed by atoms with van der Waals surface area (Å²) in [6.07, 6.45) is 6.55. The average molecular weight is 285 g/mol. The summed E-state index contributed by atoms with van der Waals surface area (Å²) in [4.78, 5) is 0. The Morgan fingerprint density at radius 3 is 3.05 bits per heavy atom. The average Bonchev–Trinajstić information content (AvgIpc) is 2.87. The molecule has 1 aliphatic carbocycles. The van der Waals surface area contributed by atoms with E-state index in [1.807, 2.05) is 11.7 Å². The molecule has 1 heterocycles. The Hall–Kier alpha value is -1.97. The third-order valence-electron chi connectivity index (χ3n) is 4.24. The lowest BCUT2D eigenvalue weighted by atomic mass is 9.87. The zero-order valence-electron chi connectivity index (χ0n) is 13.0. The van der Waals surface area contributed by atoms with Gasteiger partial charge in [-0.3, -0.25) is 4.68 Å². The first-order valence-corrected chi connectivity index (χ1v) is 7.67. The first kappa shape index (κ1) is 14.0. The van der Waals surface area contributed by atoms with Crippen molar-refractivity contribution in [3.63, 3.8) is 0 Å². The topological polar surface area (TPSA) is 39.1 Å². The fraction of sp³-hybridized carbons (Fsp3) is 0.471. The minimum atomic E-state index is 0.346. The van der Waals surface area contributed by atoms with Gasteiger partial charge in [-0.25, -0.2) is 0 Å². The Bertz CT molecular complexity index is 633. The number of hydrogen-bond donors (Lipinski definition) is 1. The lowest BCUT2D eigenvalue weighted by Gasteiger charge is -2.27. The van der Waals surface area contributed by atoms with Crippen LogP contribution in [-0.4, -0.2) is 16.9 Å². The molecule has 2 aromatic rings. The Kier molecular flexibility index (Phi) is 3.86. The molecule has 0 spiro atoms. The van der Waals surface area contributed by atoms with Gasteiger partial charge in [0.2, 0.25) is 0 Å². The largest absolute Gasteiger partial charge is 0.497 e. The van der Waals surface area contributed by atoms with Crippen LogP contribution >= 0.6 is 0 Å². The fourth-order valence-corrected chi connectivity index (χ4v) is 3.16. The highest BCUT2D eigenvalue weighted by atomic mass is 16.5. The van der Waals surface area contributed by atoms with Crippen LogP contribution in [0.1, 0.15) is 42.6 Å². The van der Waals surface area contributed by atoms with Crippen molar-refractivity contribution in [3.05, 3.63) is 41.2 Å². The number of nitrogens with zero attached hydrogens (tertiary/aromatic N) is 2. The second-order valence-corrected chi connectivity index (χ2v) is 5.67. The molecule has 0 amide bonds. The van der Waals surface area contributed by atoms with Crippen LogP contribution in [0.4, 0.5) is 5.69 Å². The molecule has 0 saturated carbocycles. The molecule has 0 radical (unpaired) electrons. The summed E-state index contributed by atoms with van der Waals surface area (Å²) in [5.74, 6) is 0.935. The number of nitrogens with one attached hydrogen (secondary N) is 1. The second kappa shape index (κ2) is 5.80. The molecule has 1 unspecified atom stereocenters. The lowest BCUT2D eigenvalue weighted by Crippen LogP contribution is -2.17. The third kappa shape index (κ3) is 2.75. The molecule has 4 heteroatoms. The molecule has 1 N–H and O–H groups in total. The second-order valence-electron chi connectivity index (χ2n) is 5.67. The molecular formula is C17H23N3O. The number of aromatic nitrogens is 2. The number of hydrogen-bond acceptors (Lipinski definition) is 3. The van der Waals surface area contributed by atoms with Gasteiger partial charge in [-0.15, -0.1) is 0 Å². The van der Waals surface area contributed by atoms with Gasteiger partial charge in [0.25, 0.3) is 0 Å². The van der Waals surface area contributed by atoms with Gasteiger partial charge in [0.15, 0.2) is 0 Å². The number of aryl methyl sites for hydroxylation is 3. The quantitative estimate of drug-likeness (QED) is 0.934. The van der Waals surface area contributed by atoms with Crippen molar-refractivity contribution in [1.29, 1.82) is 0 Å². The minimum Gasteiger partial charge on any atom is -0.497 e. The Balaban J connectivity index is 1.90. The molecule has 21 heavy (non-hydrogen) atoms. The summed E-state index contributed by atoms with van der Waals surface area (Å²) in [5.41, 5.74) is 5.08. The summed E-state index contributed by atoms with van der Waals surface area (Å²) < 4.78 is 7.27. The van der Waals surface area contributed by atoms with Crippen LogP contribution in [0, 0.1) is 0 Å². The van der Waals surface area contributed by atoms with Crippen molar-refractivity contribution in [2.24, 2.45) is 7.05 Å². The first-order valence-electron chi connectivity index (χ1n) is 7.67. The van der Waals surface area contributed by atoms with Crippen LogP contribution in [0.25, 0.3) is 0 Å². The molecule has 4 nitrogen and oxygen atoms in total.